The molecule has 2 N–H and O–H groups in total. The zero-order valence-electron chi connectivity index (χ0n) is 29.1. The van der Waals surface area contributed by atoms with Gasteiger partial charge in [-0.1, -0.05) is 0 Å². The fraction of sp³-hybridized carbons (Fsp3) is 0.333. The number of benzene rings is 2. The SMILES string of the molecule is COc1ccc(CNC(=O)c2ccc(-n3cnc4cc(NC5CN(C(=O)OC(C)(C)C)CC5F)ccc43)nc2-n2nc(C#N)cc2C)c(OC)c1. The number of ether oxygens (including phenoxy) is 3. The van der Waals surface area contributed by atoms with Crippen LogP contribution in [0.1, 0.15) is 48.1 Å². The Hall–Kier alpha value is -6.17. The molecule has 3 aromatic heterocycles. The number of nitrogens with zero attached hydrogens (tertiary/aromatic N) is 7. The van der Waals surface area contributed by atoms with Crippen LogP contribution >= 0.6 is 0 Å². The van der Waals surface area contributed by atoms with E-state index in [1.54, 1.807) is 95.3 Å². The van der Waals surface area contributed by atoms with Crippen molar-refractivity contribution in [2.24, 2.45) is 0 Å². The maximum atomic E-state index is 15.0. The second-order valence-electron chi connectivity index (χ2n) is 13.1. The van der Waals surface area contributed by atoms with Crippen LogP contribution in [0.5, 0.6) is 11.5 Å². The molecule has 0 saturated carbocycles. The van der Waals surface area contributed by atoms with Crippen LogP contribution in [-0.2, 0) is 11.3 Å². The minimum absolute atomic E-state index is 0.0628. The first-order valence-corrected chi connectivity index (χ1v) is 16.2. The molecule has 4 heterocycles. The summed E-state index contributed by atoms with van der Waals surface area (Å²) < 4.78 is 34.4. The second kappa shape index (κ2) is 14.0. The van der Waals surface area contributed by atoms with E-state index < -0.39 is 29.8 Å². The lowest BCUT2D eigenvalue weighted by molar-refractivity contribution is 0.0283. The summed E-state index contributed by atoms with van der Waals surface area (Å²) in [5.41, 5.74) is 3.03. The van der Waals surface area contributed by atoms with E-state index in [-0.39, 0.29) is 36.7 Å². The van der Waals surface area contributed by atoms with Crippen LogP contribution in [0.3, 0.4) is 0 Å². The number of rotatable bonds is 9. The van der Waals surface area contributed by atoms with Crippen molar-refractivity contribution in [2.75, 3.05) is 32.6 Å². The van der Waals surface area contributed by atoms with Crippen LogP contribution in [0.15, 0.2) is 60.9 Å². The molecule has 2 atom stereocenters. The van der Waals surface area contributed by atoms with Gasteiger partial charge in [0.25, 0.3) is 5.91 Å². The first kappa shape index (κ1) is 34.7. The van der Waals surface area contributed by atoms with Gasteiger partial charge in [-0.3, -0.25) is 9.36 Å². The summed E-state index contributed by atoms with van der Waals surface area (Å²) in [6, 6.07) is 17.1. The highest BCUT2D eigenvalue weighted by Crippen LogP contribution is 2.27. The van der Waals surface area contributed by atoms with Gasteiger partial charge in [0.15, 0.2) is 11.5 Å². The highest BCUT2D eigenvalue weighted by molar-refractivity contribution is 5.97. The maximum absolute atomic E-state index is 15.0. The van der Waals surface area contributed by atoms with Crippen LogP contribution < -0.4 is 20.1 Å². The van der Waals surface area contributed by atoms with Gasteiger partial charge in [0.05, 0.1) is 43.4 Å². The molecule has 1 saturated heterocycles. The lowest BCUT2D eigenvalue weighted by atomic mass is 10.1. The number of hydrogen-bond donors (Lipinski definition) is 2. The molecule has 5 aromatic rings. The number of aryl methyl sites for hydroxylation is 1. The number of carbonyl (C=O) groups excluding carboxylic acids is 2. The molecular weight excluding hydrogens is 657 g/mol. The highest BCUT2D eigenvalue weighted by atomic mass is 19.1. The molecule has 0 bridgehead atoms. The number of imidazole rings is 1. The summed E-state index contributed by atoms with van der Waals surface area (Å²) in [6.45, 7) is 7.34. The fourth-order valence-corrected chi connectivity index (χ4v) is 5.80. The molecule has 0 radical (unpaired) electrons. The molecule has 2 aromatic carbocycles. The number of methoxy groups -OCH3 is 2. The predicted molar refractivity (Wildman–Crippen MR) is 186 cm³/mol. The number of nitrogens with one attached hydrogen (secondary N) is 2. The number of amides is 2. The summed E-state index contributed by atoms with van der Waals surface area (Å²) in [4.78, 5) is 36.9. The number of aromatic nitrogens is 5. The fourth-order valence-electron chi connectivity index (χ4n) is 5.80. The molecule has 15 heteroatoms. The summed E-state index contributed by atoms with van der Waals surface area (Å²) in [5.74, 6) is 1.44. The second-order valence-corrected chi connectivity index (χ2v) is 13.1. The van der Waals surface area contributed by atoms with E-state index >= 15 is 0 Å². The Kier molecular flexibility index (Phi) is 9.51. The summed E-state index contributed by atoms with van der Waals surface area (Å²) in [5, 5.41) is 20.0. The van der Waals surface area contributed by atoms with Crippen LogP contribution in [0, 0.1) is 18.3 Å². The number of likely N-dealkylation sites (tertiary alicyclic amines) is 1. The summed E-state index contributed by atoms with van der Waals surface area (Å²) in [7, 11) is 3.11. The van der Waals surface area contributed by atoms with Gasteiger partial charge in [-0.05, 0) is 76.2 Å². The van der Waals surface area contributed by atoms with Gasteiger partial charge in [0.2, 0.25) is 0 Å². The standard InChI is InChI=1S/C36H38FN9O5/c1-21-13-24(16-38)43-46(21)33-26(34(47)39-17-22-7-9-25(49-5)15-31(22)50-6)10-12-32(42-33)45-20-40-28-14-23(8-11-30(28)45)41-29-19-44(18-27(29)37)35(48)51-36(2,3)4/h7-15,20,27,29,41H,17-19H2,1-6H3,(H,39,47). The third-order valence-electron chi connectivity index (χ3n) is 8.29. The van der Waals surface area contributed by atoms with Gasteiger partial charge >= 0.3 is 6.09 Å². The minimum atomic E-state index is -1.28. The van der Waals surface area contributed by atoms with Crippen molar-refractivity contribution in [2.45, 2.75) is 52.1 Å². The van der Waals surface area contributed by atoms with E-state index in [2.05, 4.69) is 20.7 Å². The number of hydrogen-bond acceptors (Lipinski definition) is 10. The molecular formula is C36H38FN9O5. The molecule has 1 aliphatic rings. The zero-order chi connectivity index (χ0) is 36.4. The number of carbonyl (C=O) groups is 2. The Morgan fingerprint density at radius 3 is 2.57 bits per heavy atom. The quantitative estimate of drug-likeness (QED) is 0.212. The van der Waals surface area contributed by atoms with Crippen molar-refractivity contribution in [1.82, 2.24) is 34.5 Å². The molecule has 6 rings (SSSR count). The van der Waals surface area contributed by atoms with Gasteiger partial charge in [-0.25, -0.2) is 23.8 Å². The highest BCUT2D eigenvalue weighted by Gasteiger charge is 2.37. The predicted octanol–water partition coefficient (Wildman–Crippen LogP) is 5.10. The first-order chi connectivity index (χ1) is 24.4. The summed E-state index contributed by atoms with van der Waals surface area (Å²) in [6.07, 6.45) is -0.231. The van der Waals surface area contributed by atoms with E-state index in [4.69, 9.17) is 19.2 Å². The maximum Gasteiger partial charge on any atom is 0.410 e. The number of fused-ring (bicyclic) bond motifs is 1. The van der Waals surface area contributed by atoms with E-state index in [0.717, 1.165) is 5.56 Å². The number of nitriles is 1. The molecule has 0 spiro atoms. The van der Waals surface area contributed by atoms with Crippen molar-refractivity contribution in [3.8, 4) is 29.2 Å². The van der Waals surface area contributed by atoms with Crippen LogP contribution in [0.2, 0.25) is 0 Å². The number of pyridine rings is 1. The third kappa shape index (κ3) is 7.40. The van der Waals surface area contributed by atoms with Gasteiger partial charge in [-0.15, -0.1) is 0 Å². The molecule has 2 amide bonds. The van der Waals surface area contributed by atoms with Crippen LogP contribution in [0.4, 0.5) is 14.9 Å². The van der Waals surface area contributed by atoms with Crippen LogP contribution in [0.25, 0.3) is 22.7 Å². The normalized spacial score (nSPS) is 15.8. The van der Waals surface area contributed by atoms with Crippen molar-refractivity contribution < 1.29 is 28.2 Å². The third-order valence-corrected chi connectivity index (χ3v) is 8.29. The molecule has 264 valence electrons. The molecule has 14 nitrogen and oxygen atoms in total. The molecule has 1 aliphatic heterocycles. The number of alkyl halides is 1. The molecule has 0 aliphatic carbocycles. The zero-order valence-corrected chi connectivity index (χ0v) is 29.1. The smallest absolute Gasteiger partial charge is 0.410 e. The van der Waals surface area contributed by atoms with Gasteiger partial charge in [0.1, 0.15) is 41.5 Å². The van der Waals surface area contributed by atoms with E-state index in [0.29, 0.717) is 39.7 Å². The van der Waals surface area contributed by atoms with Crippen molar-refractivity contribution >= 4 is 28.7 Å². The summed E-state index contributed by atoms with van der Waals surface area (Å²) >= 11 is 0. The van der Waals surface area contributed by atoms with E-state index in [1.807, 2.05) is 18.2 Å². The largest absolute Gasteiger partial charge is 0.497 e. The van der Waals surface area contributed by atoms with E-state index in [1.165, 1.54) is 9.58 Å². The molecule has 1 fully saturated rings. The Balaban J connectivity index is 1.26. The monoisotopic (exact) mass is 695 g/mol. The minimum Gasteiger partial charge on any atom is -0.497 e. The molecule has 2 unspecified atom stereocenters. The number of halogens is 1. The first-order valence-electron chi connectivity index (χ1n) is 16.2. The molecule has 51 heavy (non-hydrogen) atoms. The number of anilines is 1. The van der Waals surface area contributed by atoms with Gasteiger partial charge in [0, 0.05) is 36.1 Å². The lowest BCUT2D eigenvalue weighted by Crippen LogP contribution is -2.36. The topological polar surface area (TPSA) is 161 Å². The Bertz CT molecular complexity index is 2150. The van der Waals surface area contributed by atoms with E-state index in [9.17, 15) is 19.2 Å². The Morgan fingerprint density at radius 2 is 1.86 bits per heavy atom. The Labute approximate surface area is 293 Å². The van der Waals surface area contributed by atoms with Crippen LogP contribution in [-0.4, -0.2) is 86.3 Å². The van der Waals surface area contributed by atoms with Gasteiger partial charge in [-0.2, -0.15) is 10.4 Å². The lowest BCUT2D eigenvalue weighted by Gasteiger charge is -2.24. The van der Waals surface area contributed by atoms with Crippen molar-refractivity contribution in [3.63, 3.8) is 0 Å². The van der Waals surface area contributed by atoms with Crippen molar-refractivity contribution in [1.29, 1.82) is 5.26 Å². The average molecular weight is 696 g/mol. The average Bonchev–Trinajstić information content (AvgIpc) is 3.82. The Morgan fingerprint density at radius 1 is 1.06 bits per heavy atom. The van der Waals surface area contributed by atoms with Gasteiger partial charge < -0.3 is 29.7 Å². The van der Waals surface area contributed by atoms with Crippen molar-refractivity contribution in [3.05, 3.63) is 83.4 Å².